The number of benzene rings is 8. The second-order valence-electron chi connectivity index (χ2n) is 15.2. The van der Waals surface area contributed by atoms with Crippen LogP contribution in [0.5, 0.6) is 0 Å². The van der Waals surface area contributed by atoms with Crippen LogP contribution < -0.4 is 9.80 Å². The van der Waals surface area contributed by atoms with Gasteiger partial charge in [-0.2, -0.15) is 0 Å². The molecule has 8 aromatic rings. The number of hydrogen-bond acceptors (Lipinski definition) is 2. The zero-order valence-electron chi connectivity index (χ0n) is 32.1. The van der Waals surface area contributed by atoms with E-state index in [9.17, 15) is 0 Å². The van der Waals surface area contributed by atoms with Crippen LogP contribution in [0.25, 0.3) is 34.4 Å². The molecule has 2 heteroatoms. The summed E-state index contributed by atoms with van der Waals surface area (Å²) in [5.41, 5.74) is 18.2. The molecule has 2 nitrogen and oxygen atoms in total. The highest BCUT2D eigenvalue weighted by molar-refractivity contribution is 5.86. The average Bonchev–Trinajstić information content (AvgIpc) is 3.47. The van der Waals surface area contributed by atoms with Crippen molar-refractivity contribution < 1.29 is 0 Å². The Morgan fingerprint density at radius 2 is 0.786 bits per heavy atom. The third-order valence-electron chi connectivity index (χ3n) is 11.1. The van der Waals surface area contributed by atoms with Gasteiger partial charge in [-0.25, -0.2) is 0 Å². The van der Waals surface area contributed by atoms with Crippen LogP contribution in [0.2, 0.25) is 0 Å². The average molecular weight is 721 g/mol. The fraction of sp³-hybridized carbons (Fsp3) is 0.0741. The van der Waals surface area contributed by atoms with Crippen LogP contribution in [-0.4, -0.2) is 0 Å². The molecule has 0 unspecified atom stereocenters. The third kappa shape index (κ3) is 6.71. The van der Waals surface area contributed by atoms with E-state index in [1.165, 1.54) is 38.9 Å². The van der Waals surface area contributed by atoms with Gasteiger partial charge in [0.05, 0.1) is 0 Å². The summed E-state index contributed by atoms with van der Waals surface area (Å²) in [6.45, 7) is 6.85. The Hall–Kier alpha value is -6.90. The van der Waals surface area contributed by atoms with Crippen molar-refractivity contribution in [3.8, 4) is 22.3 Å². The normalized spacial score (nSPS) is 12.6. The summed E-state index contributed by atoms with van der Waals surface area (Å²) >= 11 is 0. The molecule has 9 rings (SSSR count). The van der Waals surface area contributed by atoms with Crippen LogP contribution in [0.4, 0.5) is 34.1 Å². The van der Waals surface area contributed by atoms with Crippen LogP contribution in [0.15, 0.2) is 200 Å². The van der Waals surface area contributed by atoms with Crippen LogP contribution in [0.3, 0.4) is 0 Å². The number of hydrogen-bond donors (Lipinski definition) is 0. The van der Waals surface area contributed by atoms with Gasteiger partial charge in [-0.1, -0.05) is 153 Å². The van der Waals surface area contributed by atoms with Gasteiger partial charge in [0.25, 0.3) is 0 Å². The number of aryl methyl sites for hydroxylation is 1. The lowest BCUT2D eigenvalue weighted by molar-refractivity contribution is 0.660. The van der Waals surface area contributed by atoms with Crippen molar-refractivity contribution in [3.63, 3.8) is 0 Å². The first-order valence-corrected chi connectivity index (χ1v) is 19.4. The molecule has 0 atom stereocenters. The molecule has 1 aliphatic rings. The lowest BCUT2D eigenvalue weighted by atomic mass is 9.82. The number of para-hydroxylation sites is 2. The first-order chi connectivity index (χ1) is 27.4. The van der Waals surface area contributed by atoms with Crippen LogP contribution >= 0.6 is 0 Å². The third-order valence-corrected chi connectivity index (χ3v) is 11.1. The summed E-state index contributed by atoms with van der Waals surface area (Å²) in [6.07, 6.45) is 4.39. The summed E-state index contributed by atoms with van der Waals surface area (Å²) in [6, 6.07) is 72.2. The highest BCUT2D eigenvalue weighted by atomic mass is 15.1. The molecule has 0 aromatic heterocycles. The summed E-state index contributed by atoms with van der Waals surface area (Å²) in [7, 11) is 0. The standard InChI is InChI=1S/C54H44N2/c1-39-13-12-18-48(37-39)56(49-35-36-51-50-19-10-11-20-52(50)54(2,3)53(51)38-49)46-31-25-41(26-32-46)22-21-40-23-27-42(28-24-40)43-29-33-47(34-30-43)55(44-14-6-4-7-15-44)45-16-8-5-9-17-45/h4-38H,1-3H3. The number of nitrogens with zero attached hydrogens (tertiary/aromatic N) is 2. The van der Waals surface area contributed by atoms with E-state index in [4.69, 9.17) is 0 Å². The van der Waals surface area contributed by atoms with Crippen molar-refractivity contribution in [2.45, 2.75) is 26.2 Å². The fourth-order valence-electron chi connectivity index (χ4n) is 8.16. The Kier molecular flexibility index (Phi) is 9.17. The summed E-state index contributed by atoms with van der Waals surface area (Å²) in [5.74, 6) is 0. The molecule has 0 amide bonds. The maximum atomic E-state index is 2.40. The Labute approximate surface area is 331 Å². The van der Waals surface area contributed by atoms with Crippen molar-refractivity contribution in [1.82, 2.24) is 0 Å². The van der Waals surface area contributed by atoms with Crippen molar-refractivity contribution in [3.05, 3.63) is 228 Å². The minimum absolute atomic E-state index is 0.0648. The van der Waals surface area contributed by atoms with Crippen molar-refractivity contribution >= 4 is 46.3 Å². The minimum atomic E-state index is -0.0648. The topological polar surface area (TPSA) is 6.48 Å². The zero-order chi connectivity index (χ0) is 38.1. The maximum absolute atomic E-state index is 2.40. The van der Waals surface area contributed by atoms with Gasteiger partial charge in [-0.05, 0) is 130 Å². The van der Waals surface area contributed by atoms with Gasteiger partial charge in [0.1, 0.15) is 0 Å². The van der Waals surface area contributed by atoms with Crippen molar-refractivity contribution in [2.24, 2.45) is 0 Å². The highest BCUT2D eigenvalue weighted by Gasteiger charge is 2.35. The Morgan fingerprint density at radius 3 is 1.39 bits per heavy atom. The lowest BCUT2D eigenvalue weighted by Crippen LogP contribution is -2.16. The van der Waals surface area contributed by atoms with E-state index in [1.807, 2.05) is 0 Å². The lowest BCUT2D eigenvalue weighted by Gasteiger charge is -2.28. The molecular formula is C54H44N2. The predicted molar refractivity (Wildman–Crippen MR) is 239 cm³/mol. The van der Waals surface area contributed by atoms with E-state index in [1.54, 1.807) is 0 Å². The first kappa shape index (κ1) is 34.8. The first-order valence-electron chi connectivity index (χ1n) is 19.4. The molecule has 56 heavy (non-hydrogen) atoms. The van der Waals surface area contributed by atoms with Crippen LogP contribution in [0.1, 0.15) is 41.7 Å². The fourth-order valence-corrected chi connectivity index (χ4v) is 8.16. The van der Waals surface area contributed by atoms with E-state index < -0.39 is 0 Å². The van der Waals surface area contributed by atoms with E-state index in [0.717, 1.165) is 45.3 Å². The van der Waals surface area contributed by atoms with Gasteiger partial charge >= 0.3 is 0 Å². The van der Waals surface area contributed by atoms with Gasteiger partial charge < -0.3 is 9.80 Å². The van der Waals surface area contributed by atoms with E-state index in [-0.39, 0.29) is 5.41 Å². The quantitative estimate of drug-likeness (QED) is 0.137. The molecule has 1 aliphatic carbocycles. The molecule has 0 radical (unpaired) electrons. The second kappa shape index (κ2) is 14.7. The maximum Gasteiger partial charge on any atom is 0.0465 e. The van der Waals surface area contributed by atoms with E-state index >= 15 is 0 Å². The molecule has 0 spiro atoms. The zero-order valence-corrected chi connectivity index (χ0v) is 32.1. The monoisotopic (exact) mass is 720 g/mol. The minimum Gasteiger partial charge on any atom is -0.311 e. The Bertz CT molecular complexity index is 2600. The van der Waals surface area contributed by atoms with Crippen molar-refractivity contribution in [2.75, 3.05) is 9.80 Å². The van der Waals surface area contributed by atoms with Gasteiger partial charge in [0.2, 0.25) is 0 Å². The predicted octanol–water partition coefficient (Wildman–Crippen LogP) is 15.1. The molecule has 0 saturated heterocycles. The number of anilines is 6. The molecular weight excluding hydrogens is 677 g/mol. The summed E-state index contributed by atoms with van der Waals surface area (Å²) in [4.78, 5) is 4.67. The van der Waals surface area contributed by atoms with E-state index in [0.29, 0.717) is 0 Å². The van der Waals surface area contributed by atoms with Gasteiger partial charge in [-0.3, -0.25) is 0 Å². The smallest absolute Gasteiger partial charge is 0.0465 e. The number of rotatable bonds is 9. The van der Waals surface area contributed by atoms with Gasteiger partial charge in [0.15, 0.2) is 0 Å². The van der Waals surface area contributed by atoms with Crippen LogP contribution in [0, 0.1) is 6.92 Å². The van der Waals surface area contributed by atoms with Gasteiger partial charge in [-0.15, -0.1) is 0 Å². The summed E-state index contributed by atoms with van der Waals surface area (Å²) < 4.78 is 0. The molecule has 0 fully saturated rings. The molecule has 0 heterocycles. The molecule has 0 N–H and O–H groups in total. The van der Waals surface area contributed by atoms with Crippen LogP contribution in [-0.2, 0) is 5.41 Å². The Morgan fingerprint density at radius 1 is 0.357 bits per heavy atom. The van der Waals surface area contributed by atoms with E-state index in [2.05, 4.69) is 243 Å². The summed E-state index contributed by atoms with van der Waals surface area (Å²) in [5, 5.41) is 0. The largest absolute Gasteiger partial charge is 0.311 e. The molecule has 270 valence electrons. The SMILES string of the molecule is Cc1cccc(N(c2ccc(C=Cc3ccc(-c4ccc(N(c5ccccc5)c5ccccc5)cc4)cc3)cc2)c2ccc3c(c2)C(C)(C)c2ccccc2-3)c1. The Balaban J connectivity index is 0.941. The molecule has 0 bridgehead atoms. The number of fused-ring (bicyclic) bond motifs is 3. The highest BCUT2D eigenvalue weighted by Crippen LogP contribution is 2.50. The van der Waals surface area contributed by atoms with Crippen molar-refractivity contribution in [1.29, 1.82) is 0 Å². The molecule has 0 aliphatic heterocycles. The van der Waals surface area contributed by atoms with Gasteiger partial charge in [0, 0.05) is 39.5 Å². The molecule has 0 saturated carbocycles. The molecule has 8 aromatic carbocycles. The second-order valence-corrected chi connectivity index (χ2v) is 15.2.